The quantitative estimate of drug-likeness (QED) is 0.276. The SMILES string of the molecule is C/C(=N\NC(=O)CC(C)(C)S)c1ccc(OCCCC(=O)O)cc1. The summed E-state index contributed by atoms with van der Waals surface area (Å²) in [4.78, 5) is 22.1. The van der Waals surface area contributed by atoms with E-state index in [1.54, 1.807) is 19.1 Å². The maximum Gasteiger partial charge on any atom is 0.303 e. The molecule has 0 saturated heterocycles. The van der Waals surface area contributed by atoms with E-state index >= 15 is 0 Å². The van der Waals surface area contributed by atoms with Crippen molar-refractivity contribution >= 4 is 30.2 Å². The molecule has 0 aromatic heterocycles. The molecule has 0 saturated carbocycles. The average Bonchev–Trinajstić information content (AvgIpc) is 2.48. The van der Waals surface area contributed by atoms with E-state index in [9.17, 15) is 9.59 Å². The molecule has 2 N–H and O–H groups in total. The zero-order chi connectivity index (χ0) is 18.2. The predicted octanol–water partition coefficient (Wildman–Crippen LogP) is 2.87. The lowest BCUT2D eigenvalue weighted by Gasteiger charge is -2.15. The Morgan fingerprint density at radius 3 is 2.46 bits per heavy atom. The Kier molecular flexibility index (Phi) is 7.78. The summed E-state index contributed by atoms with van der Waals surface area (Å²) in [6, 6.07) is 7.24. The van der Waals surface area contributed by atoms with Crippen LogP contribution in [0.2, 0.25) is 0 Å². The number of rotatable bonds is 9. The number of carboxylic acids is 1. The van der Waals surface area contributed by atoms with Crippen LogP contribution >= 0.6 is 12.6 Å². The van der Waals surface area contributed by atoms with Crippen LogP contribution in [0.15, 0.2) is 29.4 Å². The molecule has 1 rings (SSSR count). The molecule has 1 aromatic rings. The van der Waals surface area contributed by atoms with Gasteiger partial charge in [0.25, 0.3) is 0 Å². The summed E-state index contributed by atoms with van der Waals surface area (Å²) < 4.78 is 5.08. The van der Waals surface area contributed by atoms with Gasteiger partial charge in [-0.1, -0.05) is 13.8 Å². The van der Waals surface area contributed by atoms with E-state index in [1.807, 2.05) is 26.0 Å². The van der Waals surface area contributed by atoms with E-state index < -0.39 is 5.97 Å². The van der Waals surface area contributed by atoms with Gasteiger partial charge in [0.05, 0.1) is 12.3 Å². The largest absolute Gasteiger partial charge is 0.494 e. The Labute approximate surface area is 147 Å². The Morgan fingerprint density at radius 2 is 1.92 bits per heavy atom. The predicted molar refractivity (Wildman–Crippen MR) is 96.8 cm³/mol. The van der Waals surface area contributed by atoms with E-state index in [0.29, 0.717) is 24.5 Å². The van der Waals surface area contributed by atoms with Crippen LogP contribution in [0.4, 0.5) is 0 Å². The Hall–Kier alpha value is -2.02. The standard InChI is InChI=1S/C17H24N2O4S/c1-12(18-19-15(20)11-17(2,3)24)13-6-8-14(9-7-13)23-10-4-5-16(21)22/h6-9,24H,4-5,10-11H2,1-3H3,(H,19,20)(H,21,22)/b18-12+. The van der Waals surface area contributed by atoms with Crippen molar-refractivity contribution in [3.8, 4) is 5.75 Å². The van der Waals surface area contributed by atoms with Crippen LogP contribution in [0.1, 0.15) is 45.6 Å². The van der Waals surface area contributed by atoms with Gasteiger partial charge in [-0.25, -0.2) is 5.43 Å². The van der Waals surface area contributed by atoms with Crippen molar-refractivity contribution in [1.29, 1.82) is 0 Å². The van der Waals surface area contributed by atoms with Crippen LogP contribution in [-0.4, -0.2) is 34.0 Å². The number of carboxylic acid groups (broad SMARTS) is 1. The molecule has 0 radical (unpaired) electrons. The van der Waals surface area contributed by atoms with E-state index in [0.717, 1.165) is 5.56 Å². The second-order valence-corrected chi connectivity index (χ2v) is 7.30. The number of hydrazone groups is 1. The molecule has 6 nitrogen and oxygen atoms in total. The zero-order valence-electron chi connectivity index (χ0n) is 14.2. The minimum atomic E-state index is -0.830. The molecule has 1 aromatic carbocycles. The van der Waals surface area contributed by atoms with Gasteiger partial charge in [0.2, 0.25) is 5.91 Å². The molecule has 0 fully saturated rings. The molecule has 0 atom stereocenters. The normalized spacial score (nSPS) is 11.9. The topological polar surface area (TPSA) is 88.0 Å². The Morgan fingerprint density at radius 1 is 1.29 bits per heavy atom. The first-order valence-electron chi connectivity index (χ1n) is 7.68. The molecular formula is C17H24N2O4S. The van der Waals surface area contributed by atoms with Gasteiger partial charge in [-0.3, -0.25) is 9.59 Å². The van der Waals surface area contributed by atoms with Crippen molar-refractivity contribution < 1.29 is 19.4 Å². The summed E-state index contributed by atoms with van der Waals surface area (Å²) in [5.41, 5.74) is 4.06. The van der Waals surface area contributed by atoms with Crippen LogP contribution in [0.3, 0.4) is 0 Å². The van der Waals surface area contributed by atoms with Crippen molar-refractivity contribution in [2.45, 2.75) is 44.8 Å². The Bertz CT molecular complexity index is 592. The molecule has 24 heavy (non-hydrogen) atoms. The van der Waals surface area contributed by atoms with E-state index in [-0.39, 0.29) is 23.5 Å². The number of nitrogens with one attached hydrogen (secondary N) is 1. The van der Waals surface area contributed by atoms with Crippen LogP contribution in [-0.2, 0) is 9.59 Å². The number of hydrogen-bond acceptors (Lipinski definition) is 5. The third kappa shape index (κ3) is 8.57. The first-order chi connectivity index (χ1) is 11.2. The molecule has 0 aliphatic carbocycles. The highest BCUT2D eigenvalue weighted by Crippen LogP contribution is 2.16. The zero-order valence-corrected chi connectivity index (χ0v) is 15.1. The number of hydrogen-bond donors (Lipinski definition) is 3. The van der Waals surface area contributed by atoms with E-state index in [1.165, 1.54) is 0 Å². The second kappa shape index (κ2) is 9.32. The second-order valence-electron chi connectivity index (χ2n) is 6.09. The summed E-state index contributed by atoms with van der Waals surface area (Å²) in [6.07, 6.45) is 0.827. The molecule has 0 bridgehead atoms. The number of benzene rings is 1. The minimum absolute atomic E-state index is 0.0899. The fourth-order valence-electron chi connectivity index (χ4n) is 1.85. The van der Waals surface area contributed by atoms with Crippen molar-refractivity contribution in [1.82, 2.24) is 5.43 Å². The highest BCUT2D eigenvalue weighted by atomic mass is 32.1. The van der Waals surface area contributed by atoms with Crippen LogP contribution in [0.25, 0.3) is 0 Å². The fraction of sp³-hybridized carbons (Fsp3) is 0.471. The first kappa shape index (κ1) is 20.0. The highest BCUT2D eigenvalue weighted by Gasteiger charge is 2.16. The Balaban J connectivity index is 2.50. The third-order valence-electron chi connectivity index (χ3n) is 3.02. The number of amides is 1. The van der Waals surface area contributed by atoms with Gasteiger partial charge in [0.1, 0.15) is 5.75 Å². The highest BCUT2D eigenvalue weighted by molar-refractivity contribution is 7.81. The van der Waals surface area contributed by atoms with Gasteiger partial charge in [0.15, 0.2) is 0 Å². The van der Waals surface area contributed by atoms with Crippen molar-refractivity contribution in [2.24, 2.45) is 5.10 Å². The lowest BCUT2D eigenvalue weighted by molar-refractivity contribution is -0.137. The van der Waals surface area contributed by atoms with Gasteiger partial charge in [-0.05, 0) is 43.2 Å². The number of carbonyl (C=O) groups is 2. The third-order valence-corrected chi connectivity index (χ3v) is 3.18. The molecule has 0 spiro atoms. The van der Waals surface area contributed by atoms with Gasteiger partial charge in [-0.2, -0.15) is 17.7 Å². The molecule has 132 valence electrons. The summed E-state index contributed by atoms with van der Waals surface area (Å²) in [7, 11) is 0. The molecule has 1 amide bonds. The fourth-order valence-corrected chi connectivity index (χ4v) is 1.99. The summed E-state index contributed by atoms with van der Waals surface area (Å²) >= 11 is 4.31. The summed E-state index contributed by atoms with van der Waals surface area (Å²) in [5, 5.41) is 12.6. The summed E-state index contributed by atoms with van der Waals surface area (Å²) in [5.74, 6) is -0.352. The number of thiol groups is 1. The average molecular weight is 352 g/mol. The molecule has 0 aliphatic rings. The number of aliphatic carboxylic acids is 1. The number of carbonyl (C=O) groups excluding carboxylic acids is 1. The molecule has 0 heterocycles. The van der Waals surface area contributed by atoms with Gasteiger partial charge >= 0.3 is 5.97 Å². The number of nitrogens with zero attached hydrogens (tertiary/aromatic N) is 1. The van der Waals surface area contributed by atoms with E-state index in [4.69, 9.17) is 9.84 Å². The van der Waals surface area contributed by atoms with Crippen LogP contribution in [0, 0.1) is 0 Å². The molecular weight excluding hydrogens is 328 g/mol. The lowest BCUT2D eigenvalue weighted by atomic mass is 10.1. The molecule has 0 aliphatic heterocycles. The van der Waals surface area contributed by atoms with Gasteiger partial charge in [0, 0.05) is 17.6 Å². The number of ether oxygens (including phenoxy) is 1. The lowest BCUT2D eigenvalue weighted by Crippen LogP contribution is -2.26. The van der Waals surface area contributed by atoms with E-state index in [2.05, 4.69) is 23.2 Å². The maximum absolute atomic E-state index is 11.7. The van der Waals surface area contributed by atoms with Gasteiger partial charge in [-0.15, -0.1) is 0 Å². The smallest absolute Gasteiger partial charge is 0.303 e. The van der Waals surface area contributed by atoms with Crippen LogP contribution < -0.4 is 10.2 Å². The minimum Gasteiger partial charge on any atom is -0.494 e. The molecule has 7 heteroatoms. The van der Waals surface area contributed by atoms with Crippen molar-refractivity contribution in [3.63, 3.8) is 0 Å². The van der Waals surface area contributed by atoms with Gasteiger partial charge < -0.3 is 9.84 Å². The maximum atomic E-state index is 11.7. The van der Waals surface area contributed by atoms with Crippen LogP contribution in [0.5, 0.6) is 5.75 Å². The first-order valence-corrected chi connectivity index (χ1v) is 8.12. The van der Waals surface area contributed by atoms with Crippen molar-refractivity contribution in [3.05, 3.63) is 29.8 Å². The molecule has 0 unspecified atom stereocenters. The monoisotopic (exact) mass is 352 g/mol. The van der Waals surface area contributed by atoms with Crippen molar-refractivity contribution in [2.75, 3.05) is 6.61 Å². The summed E-state index contributed by atoms with van der Waals surface area (Å²) in [6.45, 7) is 5.88.